The van der Waals surface area contributed by atoms with Gasteiger partial charge in [-0.05, 0) is 23.6 Å². The normalized spacial score (nSPS) is 12.0. The maximum Gasteiger partial charge on any atom is 0.249 e. The van der Waals surface area contributed by atoms with Gasteiger partial charge in [0.1, 0.15) is 11.8 Å². The summed E-state index contributed by atoms with van der Waals surface area (Å²) >= 11 is 0. The highest BCUT2D eigenvalue weighted by Crippen LogP contribution is 2.24. The number of rotatable bonds is 8. The maximum absolute atomic E-state index is 12.4. The molecule has 146 valence electrons. The minimum atomic E-state index is -0.388. The maximum atomic E-state index is 12.4. The summed E-state index contributed by atoms with van der Waals surface area (Å²) in [6.45, 7) is 4.03. The van der Waals surface area contributed by atoms with Crippen LogP contribution in [0.5, 0.6) is 5.75 Å². The minimum absolute atomic E-state index is 0.0305. The molecule has 1 aromatic heterocycles. The van der Waals surface area contributed by atoms with Gasteiger partial charge in [0.2, 0.25) is 17.6 Å². The van der Waals surface area contributed by atoms with Crippen molar-refractivity contribution in [3.05, 3.63) is 66.1 Å². The molecule has 6 nitrogen and oxygen atoms in total. The molecule has 0 spiro atoms. The Kier molecular flexibility index (Phi) is 6.42. The number of carbonyl (C=O) groups excluding carboxylic acids is 1. The molecule has 28 heavy (non-hydrogen) atoms. The van der Waals surface area contributed by atoms with E-state index in [1.165, 1.54) is 0 Å². The zero-order valence-corrected chi connectivity index (χ0v) is 16.4. The Morgan fingerprint density at radius 2 is 1.93 bits per heavy atom. The second kappa shape index (κ2) is 9.17. The van der Waals surface area contributed by atoms with Gasteiger partial charge in [-0.15, -0.1) is 0 Å². The number of aromatic nitrogens is 2. The largest absolute Gasteiger partial charge is 0.497 e. The summed E-state index contributed by atoms with van der Waals surface area (Å²) in [6.07, 6.45) is 1.02. The van der Waals surface area contributed by atoms with Crippen molar-refractivity contribution in [2.24, 2.45) is 5.92 Å². The van der Waals surface area contributed by atoms with E-state index in [0.29, 0.717) is 24.6 Å². The molecule has 3 rings (SSSR count). The molecule has 1 N–H and O–H groups in total. The lowest BCUT2D eigenvalue weighted by atomic mass is 10.0. The molecule has 1 heterocycles. The Morgan fingerprint density at radius 3 is 2.64 bits per heavy atom. The Bertz CT molecular complexity index is 906. The molecule has 0 radical (unpaired) electrons. The van der Waals surface area contributed by atoms with Gasteiger partial charge in [0, 0.05) is 18.4 Å². The van der Waals surface area contributed by atoms with E-state index in [-0.39, 0.29) is 17.9 Å². The second-order valence-electron chi connectivity index (χ2n) is 7.10. The van der Waals surface area contributed by atoms with Gasteiger partial charge in [-0.3, -0.25) is 4.79 Å². The lowest BCUT2D eigenvalue weighted by Crippen LogP contribution is -2.31. The lowest BCUT2D eigenvalue weighted by Gasteiger charge is -2.16. The first-order valence-corrected chi connectivity index (χ1v) is 9.36. The van der Waals surface area contributed by atoms with E-state index in [1.54, 1.807) is 7.11 Å². The first kappa shape index (κ1) is 19.6. The third-order valence-corrected chi connectivity index (χ3v) is 4.28. The number of hydrogen-bond donors (Lipinski definition) is 1. The zero-order valence-electron chi connectivity index (χ0n) is 16.4. The highest BCUT2D eigenvalue weighted by atomic mass is 16.5. The fourth-order valence-corrected chi connectivity index (χ4v) is 2.93. The second-order valence-corrected chi connectivity index (χ2v) is 7.10. The number of nitrogens with zero attached hydrogens (tertiary/aromatic N) is 2. The molecular formula is C22H25N3O3. The predicted octanol–water partition coefficient (Wildman–Crippen LogP) is 4.19. The SMILES string of the molecule is COc1cccc(-c2noc(C(Cc3ccccc3)NC(=O)CC(C)C)n2)c1. The van der Waals surface area contributed by atoms with Crippen LogP contribution in [-0.4, -0.2) is 23.2 Å². The fourth-order valence-electron chi connectivity index (χ4n) is 2.93. The van der Waals surface area contributed by atoms with Crippen LogP contribution >= 0.6 is 0 Å². The topological polar surface area (TPSA) is 77.3 Å². The van der Waals surface area contributed by atoms with Crippen LogP contribution in [0.2, 0.25) is 0 Å². The average Bonchev–Trinajstić information content (AvgIpc) is 3.18. The van der Waals surface area contributed by atoms with Gasteiger partial charge in [-0.2, -0.15) is 4.98 Å². The first-order valence-electron chi connectivity index (χ1n) is 9.36. The fraction of sp³-hybridized carbons (Fsp3) is 0.318. The molecule has 1 atom stereocenters. The Labute approximate surface area is 164 Å². The number of amides is 1. The molecule has 0 bridgehead atoms. The quantitative estimate of drug-likeness (QED) is 0.635. The van der Waals surface area contributed by atoms with E-state index < -0.39 is 0 Å². The monoisotopic (exact) mass is 379 g/mol. The van der Waals surface area contributed by atoms with E-state index in [0.717, 1.165) is 16.9 Å². The van der Waals surface area contributed by atoms with E-state index in [1.807, 2.05) is 68.4 Å². The highest BCUT2D eigenvalue weighted by Gasteiger charge is 2.22. The van der Waals surface area contributed by atoms with Crippen molar-refractivity contribution in [1.29, 1.82) is 0 Å². The van der Waals surface area contributed by atoms with Crippen LogP contribution in [0.4, 0.5) is 0 Å². The van der Waals surface area contributed by atoms with Crippen LogP contribution in [0.15, 0.2) is 59.1 Å². The van der Waals surface area contributed by atoms with Crippen molar-refractivity contribution < 1.29 is 14.1 Å². The van der Waals surface area contributed by atoms with E-state index in [4.69, 9.17) is 9.26 Å². The van der Waals surface area contributed by atoms with Crippen molar-refractivity contribution in [3.8, 4) is 17.1 Å². The van der Waals surface area contributed by atoms with Crippen molar-refractivity contribution in [3.63, 3.8) is 0 Å². The van der Waals surface area contributed by atoms with E-state index in [2.05, 4.69) is 15.5 Å². The summed E-state index contributed by atoms with van der Waals surface area (Å²) < 4.78 is 10.8. The predicted molar refractivity (Wildman–Crippen MR) is 107 cm³/mol. The van der Waals surface area contributed by atoms with Gasteiger partial charge in [-0.1, -0.05) is 61.5 Å². The van der Waals surface area contributed by atoms with Gasteiger partial charge in [0.15, 0.2) is 0 Å². The lowest BCUT2D eigenvalue weighted by molar-refractivity contribution is -0.122. The van der Waals surface area contributed by atoms with Gasteiger partial charge in [-0.25, -0.2) is 0 Å². The smallest absolute Gasteiger partial charge is 0.249 e. The number of methoxy groups -OCH3 is 1. The van der Waals surface area contributed by atoms with Crippen molar-refractivity contribution >= 4 is 5.91 Å². The van der Waals surface area contributed by atoms with Crippen LogP contribution < -0.4 is 10.1 Å². The van der Waals surface area contributed by atoms with Crippen LogP contribution in [0.1, 0.15) is 37.8 Å². The zero-order chi connectivity index (χ0) is 19.9. The molecule has 6 heteroatoms. The minimum Gasteiger partial charge on any atom is -0.497 e. The number of hydrogen-bond acceptors (Lipinski definition) is 5. The van der Waals surface area contributed by atoms with Crippen LogP contribution in [0.3, 0.4) is 0 Å². The van der Waals surface area contributed by atoms with Crippen molar-refractivity contribution in [2.75, 3.05) is 7.11 Å². The summed E-state index contributed by atoms with van der Waals surface area (Å²) in [5.74, 6) is 1.81. The summed E-state index contributed by atoms with van der Waals surface area (Å²) in [4.78, 5) is 16.9. The molecule has 2 aromatic carbocycles. The number of ether oxygens (including phenoxy) is 1. The Morgan fingerprint density at radius 1 is 1.14 bits per heavy atom. The van der Waals surface area contributed by atoms with Gasteiger partial charge >= 0.3 is 0 Å². The molecule has 0 fully saturated rings. The van der Waals surface area contributed by atoms with E-state index >= 15 is 0 Å². The van der Waals surface area contributed by atoms with Crippen LogP contribution in [0, 0.1) is 5.92 Å². The van der Waals surface area contributed by atoms with E-state index in [9.17, 15) is 4.79 Å². The molecule has 0 saturated heterocycles. The molecule has 0 aliphatic heterocycles. The first-order chi connectivity index (χ1) is 13.5. The van der Waals surface area contributed by atoms with Crippen molar-refractivity contribution in [1.82, 2.24) is 15.5 Å². The summed E-state index contributed by atoms with van der Waals surface area (Å²) in [5.41, 5.74) is 1.87. The molecule has 1 amide bonds. The summed E-state index contributed by atoms with van der Waals surface area (Å²) in [5, 5.41) is 7.14. The van der Waals surface area contributed by atoms with Gasteiger partial charge in [0.25, 0.3) is 0 Å². The third kappa shape index (κ3) is 5.19. The third-order valence-electron chi connectivity index (χ3n) is 4.28. The molecule has 0 aliphatic carbocycles. The Hall–Kier alpha value is -3.15. The molecular weight excluding hydrogens is 354 g/mol. The highest BCUT2D eigenvalue weighted by molar-refractivity contribution is 5.76. The number of carbonyl (C=O) groups is 1. The summed E-state index contributed by atoms with van der Waals surface area (Å²) in [7, 11) is 1.61. The standard InChI is InChI=1S/C22H25N3O3/c1-15(2)12-20(26)23-19(13-16-8-5-4-6-9-16)22-24-21(25-28-22)17-10-7-11-18(14-17)27-3/h4-11,14-15,19H,12-13H2,1-3H3,(H,23,26). The van der Waals surface area contributed by atoms with Crippen LogP contribution in [-0.2, 0) is 11.2 Å². The Balaban J connectivity index is 1.84. The average molecular weight is 379 g/mol. The van der Waals surface area contributed by atoms with Gasteiger partial charge in [0.05, 0.1) is 7.11 Å². The number of benzene rings is 2. The van der Waals surface area contributed by atoms with Crippen LogP contribution in [0.25, 0.3) is 11.4 Å². The van der Waals surface area contributed by atoms with Crippen molar-refractivity contribution in [2.45, 2.75) is 32.7 Å². The number of nitrogens with one attached hydrogen (secondary N) is 1. The molecule has 0 saturated carbocycles. The van der Waals surface area contributed by atoms with Gasteiger partial charge < -0.3 is 14.6 Å². The molecule has 3 aromatic rings. The molecule has 1 unspecified atom stereocenters. The molecule has 0 aliphatic rings. The summed E-state index contributed by atoms with van der Waals surface area (Å²) in [6, 6.07) is 17.0.